The fourth-order valence-corrected chi connectivity index (χ4v) is 4.34. The minimum absolute atomic E-state index is 0.0402. The molecule has 0 atom stereocenters. The number of rotatable bonds is 6. The molecule has 2 N–H and O–H groups in total. The van der Waals surface area contributed by atoms with Crippen LogP contribution in [0.4, 0.5) is 5.69 Å². The maximum absolute atomic E-state index is 12.4. The quantitative estimate of drug-likeness (QED) is 0.663. The Bertz CT molecular complexity index is 877. The maximum Gasteiger partial charge on any atom is 0.263 e. The van der Waals surface area contributed by atoms with Crippen LogP contribution >= 0.6 is 27.3 Å². The number of amides is 3. The Morgan fingerprint density at radius 2 is 1.97 bits per heavy atom. The third-order valence-corrected chi connectivity index (χ3v) is 6.36. The highest BCUT2D eigenvalue weighted by Gasteiger charge is 2.28. The van der Waals surface area contributed by atoms with E-state index in [0.29, 0.717) is 32.5 Å². The lowest BCUT2D eigenvalue weighted by atomic mass is 9.95. The zero-order valence-electron chi connectivity index (χ0n) is 16.2. The van der Waals surface area contributed by atoms with Crippen molar-refractivity contribution in [1.29, 1.82) is 0 Å². The molecule has 29 heavy (non-hydrogen) atoms. The summed E-state index contributed by atoms with van der Waals surface area (Å²) in [5, 5.41) is 7.62. The van der Waals surface area contributed by atoms with Gasteiger partial charge in [0.05, 0.1) is 4.88 Å². The zero-order chi connectivity index (χ0) is 20.8. The molecule has 1 aromatic carbocycles. The molecule has 1 aromatic heterocycles. The average Bonchev–Trinajstić information content (AvgIpc) is 3.25. The number of hydrogen-bond donors (Lipinski definition) is 2. The number of carbonyl (C=O) groups excluding carboxylic acids is 3. The van der Waals surface area contributed by atoms with Crippen LogP contribution in [0.5, 0.6) is 0 Å². The summed E-state index contributed by atoms with van der Waals surface area (Å²) < 4.78 is 0.899. The Balaban J connectivity index is 1.38. The summed E-state index contributed by atoms with van der Waals surface area (Å²) in [4.78, 5) is 39.4. The molecule has 154 valence electrons. The molecule has 3 amide bonds. The number of carbonyl (C=O) groups is 3. The minimum Gasteiger partial charge on any atom is -0.355 e. The maximum atomic E-state index is 12.4. The first-order chi connectivity index (χ1) is 13.9. The van der Waals surface area contributed by atoms with Crippen LogP contribution in [0.3, 0.4) is 0 Å². The third kappa shape index (κ3) is 5.90. The van der Waals surface area contributed by atoms with Crippen LogP contribution < -0.4 is 10.6 Å². The Labute approximate surface area is 182 Å². The molecule has 6 nitrogen and oxygen atoms in total. The van der Waals surface area contributed by atoms with Gasteiger partial charge >= 0.3 is 0 Å². The molecule has 2 heterocycles. The van der Waals surface area contributed by atoms with Gasteiger partial charge in [-0.1, -0.05) is 28.1 Å². The lowest BCUT2D eigenvalue weighted by Gasteiger charge is -2.31. The van der Waals surface area contributed by atoms with Crippen molar-refractivity contribution in [2.45, 2.75) is 26.2 Å². The van der Waals surface area contributed by atoms with Gasteiger partial charge in [-0.2, -0.15) is 0 Å². The van der Waals surface area contributed by atoms with Crippen molar-refractivity contribution in [2.24, 2.45) is 5.92 Å². The van der Waals surface area contributed by atoms with E-state index in [-0.39, 0.29) is 30.1 Å². The van der Waals surface area contributed by atoms with Crippen LogP contribution in [-0.4, -0.2) is 42.3 Å². The van der Waals surface area contributed by atoms with E-state index in [1.807, 2.05) is 47.5 Å². The fourth-order valence-electron chi connectivity index (χ4n) is 3.29. The number of piperidine rings is 1. The molecule has 0 spiro atoms. The number of aryl methyl sites for hydroxylation is 1. The molecule has 0 radical (unpaired) electrons. The molecule has 1 saturated heterocycles. The summed E-state index contributed by atoms with van der Waals surface area (Å²) in [5.74, 6) is -0.251. The molecule has 3 rings (SSSR count). The molecule has 0 saturated carbocycles. The molecule has 0 unspecified atom stereocenters. The topological polar surface area (TPSA) is 78.5 Å². The van der Waals surface area contributed by atoms with Crippen LogP contribution in [0.15, 0.2) is 40.2 Å². The SMILES string of the molecule is Cc1ccc(Br)cc1NC(=O)CCNC(=O)C1CCN(C(=O)c2cccs2)CC1. The Morgan fingerprint density at radius 1 is 1.21 bits per heavy atom. The van der Waals surface area contributed by atoms with E-state index in [2.05, 4.69) is 26.6 Å². The van der Waals surface area contributed by atoms with Crippen molar-refractivity contribution in [3.05, 3.63) is 50.6 Å². The molecule has 2 aromatic rings. The normalized spacial score (nSPS) is 14.5. The molecular formula is C21H24BrN3O3S. The summed E-state index contributed by atoms with van der Waals surface area (Å²) >= 11 is 4.83. The highest BCUT2D eigenvalue weighted by Crippen LogP contribution is 2.22. The zero-order valence-corrected chi connectivity index (χ0v) is 18.6. The van der Waals surface area contributed by atoms with Crippen LogP contribution in [0.1, 0.15) is 34.5 Å². The van der Waals surface area contributed by atoms with E-state index in [1.165, 1.54) is 11.3 Å². The largest absolute Gasteiger partial charge is 0.355 e. The van der Waals surface area contributed by atoms with Crippen molar-refractivity contribution in [2.75, 3.05) is 25.0 Å². The lowest BCUT2D eigenvalue weighted by Crippen LogP contribution is -2.43. The Hall–Kier alpha value is -2.19. The van der Waals surface area contributed by atoms with Gasteiger partial charge in [-0.25, -0.2) is 0 Å². The monoisotopic (exact) mass is 477 g/mol. The number of halogens is 1. The Morgan fingerprint density at radius 3 is 2.66 bits per heavy atom. The predicted octanol–water partition coefficient (Wildman–Crippen LogP) is 3.82. The lowest BCUT2D eigenvalue weighted by molar-refractivity contribution is -0.126. The van der Waals surface area contributed by atoms with Gasteiger partial charge in [0.25, 0.3) is 5.91 Å². The molecule has 1 fully saturated rings. The van der Waals surface area contributed by atoms with Crippen molar-refractivity contribution < 1.29 is 14.4 Å². The number of benzene rings is 1. The molecule has 1 aliphatic rings. The second-order valence-corrected chi connectivity index (χ2v) is 8.96. The number of nitrogens with one attached hydrogen (secondary N) is 2. The van der Waals surface area contributed by atoms with Crippen LogP contribution in [0, 0.1) is 12.8 Å². The highest BCUT2D eigenvalue weighted by atomic mass is 79.9. The second-order valence-electron chi connectivity index (χ2n) is 7.09. The second kappa shape index (κ2) is 10.0. The summed E-state index contributed by atoms with van der Waals surface area (Å²) in [6.07, 6.45) is 1.51. The summed E-state index contributed by atoms with van der Waals surface area (Å²) in [7, 11) is 0. The van der Waals surface area contributed by atoms with Gasteiger partial charge < -0.3 is 15.5 Å². The van der Waals surface area contributed by atoms with Crippen LogP contribution in [-0.2, 0) is 9.59 Å². The van der Waals surface area contributed by atoms with E-state index in [1.54, 1.807) is 0 Å². The van der Waals surface area contributed by atoms with Gasteiger partial charge in [-0.15, -0.1) is 11.3 Å². The predicted molar refractivity (Wildman–Crippen MR) is 118 cm³/mol. The van der Waals surface area contributed by atoms with E-state index in [9.17, 15) is 14.4 Å². The van der Waals surface area contributed by atoms with Crippen molar-refractivity contribution in [3.63, 3.8) is 0 Å². The smallest absolute Gasteiger partial charge is 0.263 e. The van der Waals surface area contributed by atoms with Crippen molar-refractivity contribution in [3.8, 4) is 0 Å². The minimum atomic E-state index is -0.136. The molecule has 8 heteroatoms. The number of anilines is 1. The van der Waals surface area contributed by atoms with E-state index in [0.717, 1.165) is 20.6 Å². The highest BCUT2D eigenvalue weighted by molar-refractivity contribution is 9.10. The molecule has 1 aliphatic heterocycles. The van der Waals surface area contributed by atoms with Gasteiger partial charge in [0, 0.05) is 42.1 Å². The van der Waals surface area contributed by atoms with Crippen LogP contribution in [0.2, 0.25) is 0 Å². The van der Waals surface area contributed by atoms with Gasteiger partial charge in [0.1, 0.15) is 0 Å². The molecular weight excluding hydrogens is 454 g/mol. The number of nitrogens with zero attached hydrogens (tertiary/aromatic N) is 1. The number of thiophene rings is 1. The van der Waals surface area contributed by atoms with E-state index in [4.69, 9.17) is 0 Å². The van der Waals surface area contributed by atoms with Crippen molar-refractivity contribution in [1.82, 2.24) is 10.2 Å². The first kappa shape index (κ1) is 21.5. The third-order valence-electron chi connectivity index (χ3n) is 5.01. The van der Waals surface area contributed by atoms with E-state index < -0.39 is 0 Å². The summed E-state index contributed by atoms with van der Waals surface area (Å²) in [5.41, 5.74) is 1.74. The number of likely N-dealkylation sites (tertiary alicyclic amines) is 1. The summed E-state index contributed by atoms with van der Waals surface area (Å²) in [6.45, 7) is 3.39. The standard InChI is InChI=1S/C21H24BrN3O3S/c1-14-4-5-16(22)13-17(14)24-19(26)6-9-23-20(27)15-7-10-25(11-8-15)21(28)18-3-2-12-29-18/h2-5,12-13,15H,6-11H2,1H3,(H,23,27)(H,24,26). The number of hydrogen-bond acceptors (Lipinski definition) is 4. The van der Waals surface area contributed by atoms with Gasteiger partial charge in [-0.3, -0.25) is 14.4 Å². The van der Waals surface area contributed by atoms with Gasteiger partial charge in [-0.05, 0) is 48.9 Å². The van der Waals surface area contributed by atoms with Gasteiger partial charge in [0.15, 0.2) is 0 Å². The molecule has 0 bridgehead atoms. The van der Waals surface area contributed by atoms with E-state index >= 15 is 0 Å². The summed E-state index contributed by atoms with van der Waals surface area (Å²) in [6, 6.07) is 9.40. The first-order valence-corrected chi connectivity index (χ1v) is 11.3. The Kier molecular flexibility index (Phi) is 7.44. The van der Waals surface area contributed by atoms with Crippen LogP contribution in [0.25, 0.3) is 0 Å². The molecule has 0 aliphatic carbocycles. The van der Waals surface area contributed by atoms with Crippen molar-refractivity contribution >= 4 is 50.7 Å². The first-order valence-electron chi connectivity index (χ1n) is 9.60. The average molecular weight is 478 g/mol. The van der Waals surface area contributed by atoms with Gasteiger partial charge in [0.2, 0.25) is 11.8 Å². The fraction of sp³-hybridized carbons (Fsp3) is 0.381.